The molecule has 3 rings (SSSR count). The molecule has 2 heterocycles. The number of alkyl halides is 3. The first kappa shape index (κ1) is 23.3. The summed E-state index contributed by atoms with van der Waals surface area (Å²) < 4.78 is 35.9. The van der Waals surface area contributed by atoms with Gasteiger partial charge in [0, 0.05) is 26.0 Å². The van der Waals surface area contributed by atoms with E-state index in [0.29, 0.717) is 12.2 Å². The molecule has 0 aliphatic heterocycles. The summed E-state index contributed by atoms with van der Waals surface area (Å²) >= 11 is 0. The Morgan fingerprint density at radius 2 is 1.70 bits per heavy atom. The maximum atomic E-state index is 12.5. The molecule has 0 radical (unpaired) electrons. The monoisotopic (exact) mass is 426 g/mol. The van der Waals surface area contributed by atoms with Crippen molar-refractivity contribution < 1.29 is 27.9 Å². The van der Waals surface area contributed by atoms with E-state index >= 15 is 0 Å². The highest BCUT2D eigenvalue weighted by molar-refractivity contribution is 6.10. The second-order valence-electron chi connectivity index (χ2n) is 7.11. The van der Waals surface area contributed by atoms with Crippen molar-refractivity contribution in [2.45, 2.75) is 12.6 Å². The van der Waals surface area contributed by atoms with Crippen LogP contribution in [0.5, 0.6) is 0 Å². The van der Waals surface area contributed by atoms with E-state index in [-0.39, 0.29) is 5.91 Å². The lowest BCUT2D eigenvalue weighted by atomic mass is 10.2. The first-order valence-electron chi connectivity index (χ1n) is 9.21. The zero-order chi connectivity index (χ0) is 22.6. The third kappa shape index (κ3) is 5.12. The number of halogens is 3. The van der Waals surface area contributed by atoms with Gasteiger partial charge in [0.25, 0.3) is 5.91 Å². The number of hydrogen-bond donors (Lipinski definition) is 2. The lowest BCUT2D eigenvalue weighted by Gasteiger charge is -2.10. The van der Waals surface area contributed by atoms with Gasteiger partial charge in [0.1, 0.15) is 5.69 Å². The fraction of sp³-hybridized carbons (Fsp3) is 0.400. The molecule has 0 unspecified atom stereocenters. The van der Waals surface area contributed by atoms with Gasteiger partial charge in [-0.15, -0.1) is 0 Å². The number of carboxylic acid groups (broad SMARTS) is 1. The highest BCUT2D eigenvalue weighted by atomic mass is 19.4. The fourth-order valence-corrected chi connectivity index (χ4v) is 3.16. The second kappa shape index (κ2) is 9.21. The molecule has 0 bridgehead atoms. The van der Waals surface area contributed by atoms with Crippen LogP contribution in [0.4, 0.5) is 13.2 Å². The summed E-state index contributed by atoms with van der Waals surface area (Å²) in [6, 6.07) is 10.3. The molecule has 0 atom stereocenters. The van der Waals surface area contributed by atoms with Gasteiger partial charge < -0.3 is 24.5 Å². The molecule has 30 heavy (non-hydrogen) atoms. The third-order valence-corrected chi connectivity index (χ3v) is 4.64. The van der Waals surface area contributed by atoms with E-state index in [9.17, 15) is 18.0 Å². The summed E-state index contributed by atoms with van der Waals surface area (Å²) in [5, 5.41) is 11.3. The molecule has 2 N–H and O–H groups in total. The van der Waals surface area contributed by atoms with E-state index in [0.717, 1.165) is 24.0 Å². The molecule has 10 heteroatoms. The Balaban J connectivity index is 0.000000396. The van der Waals surface area contributed by atoms with Crippen molar-refractivity contribution >= 4 is 33.8 Å². The predicted octanol–water partition coefficient (Wildman–Crippen LogP) is 2.98. The van der Waals surface area contributed by atoms with Crippen molar-refractivity contribution in [2.75, 3.05) is 27.2 Å². The number of fused-ring (bicyclic) bond motifs is 3. The smallest absolute Gasteiger partial charge is 0.475 e. The quantitative estimate of drug-likeness (QED) is 0.615. The van der Waals surface area contributed by atoms with Crippen LogP contribution in [0.15, 0.2) is 30.3 Å². The van der Waals surface area contributed by atoms with E-state index in [1.165, 1.54) is 10.9 Å². The van der Waals surface area contributed by atoms with Crippen LogP contribution in [0, 0.1) is 0 Å². The van der Waals surface area contributed by atoms with Crippen LogP contribution in [0.25, 0.3) is 21.9 Å². The Bertz CT molecular complexity index is 1050. The zero-order valence-electron chi connectivity index (χ0n) is 17.2. The van der Waals surface area contributed by atoms with Gasteiger partial charge in [-0.2, -0.15) is 13.2 Å². The lowest BCUT2D eigenvalue weighted by Crippen LogP contribution is -2.28. The molecule has 1 aromatic carbocycles. The number of carbonyl (C=O) groups excluding carboxylic acids is 1. The van der Waals surface area contributed by atoms with Crippen molar-refractivity contribution in [1.29, 1.82) is 0 Å². The number of para-hydroxylation sites is 1. The number of nitrogens with one attached hydrogen (secondary N) is 1. The number of aromatic nitrogens is 2. The van der Waals surface area contributed by atoms with Crippen LogP contribution in [-0.4, -0.2) is 64.4 Å². The third-order valence-electron chi connectivity index (χ3n) is 4.64. The maximum Gasteiger partial charge on any atom is 0.490 e. The molecule has 1 amide bonds. The van der Waals surface area contributed by atoms with Crippen molar-refractivity contribution in [3.8, 4) is 0 Å². The van der Waals surface area contributed by atoms with E-state index in [2.05, 4.69) is 26.9 Å². The molecule has 0 aliphatic carbocycles. The number of amides is 1. The van der Waals surface area contributed by atoms with Crippen molar-refractivity contribution in [2.24, 2.45) is 14.1 Å². The standard InChI is InChI=1S/C18H24N4O.C2HF3O2/c1-20(2)11-7-10-19-18(23)16-12-15-17(22(16)4)13-8-5-6-9-14(13)21(15)3;3-2(4,5)1(6)7/h5-6,8-9,12H,7,10-11H2,1-4H3,(H,19,23);(H,6,7). The number of aryl methyl sites for hydroxylation is 2. The molecule has 0 fully saturated rings. The predicted molar refractivity (Wildman–Crippen MR) is 109 cm³/mol. The van der Waals surface area contributed by atoms with E-state index in [4.69, 9.17) is 9.90 Å². The first-order valence-corrected chi connectivity index (χ1v) is 9.21. The highest BCUT2D eigenvalue weighted by Gasteiger charge is 2.38. The highest BCUT2D eigenvalue weighted by Crippen LogP contribution is 2.30. The van der Waals surface area contributed by atoms with Gasteiger partial charge in [0.15, 0.2) is 0 Å². The zero-order valence-corrected chi connectivity index (χ0v) is 17.2. The van der Waals surface area contributed by atoms with Crippen LogP contribution in [0.1, 0.15) is 16.9 Å². The van der Waals surface area contributed by atoms with E-state index in [1.54, 1.807) is 0 Å². The maximum absolute atomic E-state index is 12.5. The van der Waals surface area contributed by atoms with Crippen LogP contribution < -0.4 is 5.32 Å². The van der Waals surface area contributed by atoms with Crippen molar-refractivity contribution in [3.63, 3.8) is 0 Å². The molecule has 2 aromatic heterocycles. The van der Waals surface area contributed by atoms with Crippen molar-refractivity contribution in [3.05, 3.63) is 36.0 Å². The Labute approximate surface area is 171 Å². The van der Waals surface area contributed by atoms with Crippen molar-refractivity contribution in [1.82, 2.24) is 19.4 Å². The molecule has 7 nitrogen and oxygen atoms in total. The second-order valence-corrected chi connectivity index (χ2v) is 7.11. The fourth-order valence-electron chi connectivity index (χ4n) is 3.16. The number of benzene rings is 1. The van der Waals surface area contributed by atoms with Crippen LogP contribution in [0.2, 0.25) is 0 Å². The number of carboxylic acids is 1. The van der Waals surface area contributed by atoms with Gasteiger partial charge in [0.2, 0.25) is 0 Å². The number of carbonyl (C=O) groups is 2. The normalized spacial score (nSPS) is 11.6. The molecule has 3 aromatic rings. The summed E-state index contributed by atoms with van der Waals surface area (Å²) in [4.78, 5) is 23.5. The number of hydrogen-bond acceptors (Lipinski definition) is 3. The molecule has 164 valence electrons. The van der Waals surface area contributed by atoms with Crippen LogP contribution in [-0.2, 0) is 18.9 Å². The summed E-state index contributed by atoms with van der Waals surface area (Å²) in [6.07, 6.45) is -4.13. The number of nitrogens with zero attached hydrogens (tertiary/aromatic N) is 3. The first-order chi connectivity index (χ1) is 13.9. The van der Waals surface area contributed by atoms with Crippen LogP contribution in [0.3, 0.4) is 0 Å². The van der Waals surface area contributed by atoms with Gasteiger partial charge in [-0.3, -0.25) is 4.79 Å². The Hall–Kier alpha value is -3.01. The molecule has 0 saturated heterocycles. The largest absolute Gasteiger partial charge is 0.490 e. The minimum Gasteiger partial charge on any atom is -0.475 e. The lowest BCUT2D eigenvalue weighted by molar-refractivity contribution is -0.192. The number of rotatable bonds is 5. The van der Waals surface area contributed by atoms with Gasteiger partial charge in [0.05, 0.1) is 16.6 Å². The van der Waals surface area contributed by atoms with Gasteiger partial charge >= 0.3 is 12.1 Å². The minimum atomic E-state index is -5.08. The van der Waals surface area contributed by atoms with E-state index in [1.807, 2.05) is 51.0 Å². The van der Waals surface area contributed by atoms with Crippen LogP contribution >= 0.6 is 0 Å². The van der Waals surface area contributed by atoms with Gasteiger partial charge in [-0.25, -0.2) is 4.79 Å². The van der Waals surface area contributed by atoms with E-state index < -0.39 is 12.1 Å². The molecule has 0 saturated carbocycles. The SMILES string of the molecule is CN(C)CCCNC(=O)c1cc2c(c3ccccc3n2C)n1C.O=C(O)C(F)(F)F. The molecular formula is C20H25F3N4O3. The summed E-state index contributed by atoms with van der Waals surface area (Å²) in [6.45, 7) is 1.67. The minimum absolute atomic E-state index is 0.00784. The number of aliphatic carboxylic acids is 1. The van der Waals surface area contributed by atoms with Gasteiger partial charge in [-0.1, -0.05) is 18.2 Å². The Kier molecular flexibility index (Phi) is 7.14. The summed E-state index contributed by atoms with van der Waals surface area (Å²) in [5.74, 6) is -2.76. The molecular weight excluding hydrogens is 401 g/mol. The topological polar surface area (TPSA) is 79.5 Å². The Morgan fingerprint density at radius 3 is 2.27 bits per heavy atom. The molecule has 0 aliphatic rings. The Morgan fingerprint density at radius 1 is 1.10 bits per heavy atom. The van der Waals surface area contributed by atoms with Gasteiger partial charge in [-0.05, 0) is 39.2 Å². The average Bonchev–Trinajstić information content (AvgIpc) is 3.14. The average molecular weight is 426 g/mol. The summed E-state index contributed by atoms with van der Waals surface area (Å²) in [5.41, 5.74) is 4.10. The summed E-state index contributed by atoms with van der Waals surface area (Å²) in [7, 11) is 8.08. The molecule has 0 spiro atoms.